The quantitative estimate of drug-likeness (QED) is 0.893. The third kappa shape index (κ3) is 2.70. The van der Waals surface area contributed by atoms with Crippen LogP contribution in [-0.4, -0.2) is 28.3 Å². The molecule has 112 valence electrons. The molecule has 0 aromatic carbocycles. The highest BCUT2D eigenvalue weighted by Crippen LogP contribution is 2.39. The van der Waals surface area contributed by atoms with Gasteiger partial charge in [0.15, 0.2) is 0 Å². The van der Waals surface area contributed by atoms with Crippen LogP contribution in [0.5, 0.6) is 0 Å². The van der Waals surface area contributed by atoms with E-state index in [0.29, 0.717) is 11.7 Å². The molecular formula is C14H22N2O4. The number of ether oxygens (including phenoxy) is 1. The van der Waals surface area contributed by atoms with E-state index in [4.69, 9.17) is 14.4 Å². The van der Waals surface area contributed by atoms with Crippen molar-refractivity contribution in [2.75, 3.05) is 7.11 Å². The summed E-state index contributed by atoms with van der Waals surface area (Å²) in [6.07, 6.45) is 5.12. The maximum absolute atomic E-state index is 11.0. The fraction of sp³-hybridized carbons (Fsp3) is 0.786. The number of carboxylic acid groups (broad SMARTS) is 1. The minimum atomic E-state index is -0.864. The molecule has 1 saturated carbocycles. The molecule has 1 aromatic rings. The Morgan fingerprint density at radius 3 is 2.55 bits per heavy atom. The van der Waals surface area contributed by atoms with Crippen molar-refractivity contribution in [1.82, 2.24) is 10.1 Å². The van der Waals surface area contributed by atoms with Crippen LogP contribution in [-0.2, 0) is 15.1 Å². The van der Waals surface area contributed by atoms with Gasteiger partial charge >= 0.3 is 5.97 Å². The van der Waals surface area contributed by atoms with Gasteiger partial charge < -0.3 is 14.4 Å². The summed E-state index contributed by atoms with van der Waals surface area (Å²) < 4.78 is 10.9. The van der Waals surface area contributed by atoms with Crippen LogP contribution in [0.25, 0.3) is 0 Å². The fourth-order valence-electron chi connectivity index (χ4n) is 2.67. The molecule has 1 aliphatic rings. The van der Waals surface area contributed by atoms with Crippen molar-refractivity contribution in [1.29, 1.82) is 0 Å². The normalized spacial score (nSPS) is 21.4. The van der Waals surface area contributed by atoms with Crippen molar-refractivity contribution >= 4 is 5.97 Å². The van der Waals surface area contributed by atoms with Crippen LogP contribution >= 0.6 is 0 Å². The van der Waals surface area contributed by atoms with Crippen molar-refractivity contribution in [3.63, 3.8) is 0 Å². The second-order valence-corrected chi connectivity index (χ2v) is 5.63. The maximum atomic E-state index is 11.0. The lowest BCUT2D eigenvalue weighted by atomic mass is 9.84. The second-order valence-electron chi connectivity index (χ2n) is 5.63. The first-order valence-electron chi connectivity index (χ1n) is 7.12. The third-order valence-corrected chi connectivity index (χ3v) is 4.43. The van der Waals surface area contributed by atoms with E-state index in [0.717, 1.165) is 25.7 Å². The van der Waals surface area contributed by atoms with Gasteiger partial charge in [0.25, 0.3) is 0 Å². The minimum Gasteiger partial charge on any atom is -0.481 e. The van der Waals surface area contributed by atoms with Crippen LogP contribution in [0.3, 0.4) is 0 Å². The minimum absolute atomic E-state index is 0.314. The number of rotatable bonds is 5. The highest BCUT2D eigenvalue weighted by atomic mass is 16.5. The Bertz CT molecular complexity index is 465. The zero-order valence-electron chi connectivity index (χ0n) is 12.3. The molecule has 20 heavy (non-hydrogen) atoms. The van der Waals surface area contributed by atoms with Crippen molar-refractivity contribution in [3.8, 4) is 0 Å². The monoisotopic (exact) mass is 282 g/mol. The van der Waals surface area contributed by atoms with Gasteiger partial charge in [-0.1, -0.05) is 38.3 Å². The molecule has 0 spiro atoms. The third-order valence-electron chi connectivity index (χ3n) is 4.43. The molecule has 1 fully saturated rings. The highest BCUT2D eigenvalue weighted by Gasteiger charge is 2.39. The highest BCUT2D eigenvalue weighted by molar-refractivity contribution is 5.70. The zero-order chi connectivity index (χ0) is 14.8. The number of hydrogen-bond acceptors (Lipinski definition) is 5. The molecule has 2 unspecified atom stereocenters. The number of carboxylic acids is 1. The van der Waals surface area contributed by atoms with E-state index in [1.807, 2.05) is 0 Å². The average molecular weight is 282 g/mol. The summed E-state index contributed by atoms with van der Waals surface area (Å²) in [5.74, 6) is -0.813. The Labute approximate surface area is 118 Å². The molecule has 6 nitrogen and oxygen atoms in total. The SMILES string of the molecule is COC1(c2noc(C(C)C(C)C(=O)O)n2)CCCCC1. The fourth-order valence-corrected chi connectivity index (χ4v) is 2.67. The summed E-state index contributed by atoms with van der Waals surface area (Å²) in [5, 5.41) is 13.1. The van der Waals surface area contributed by atoms with Gasteiger partial charge in [-0.15, -0.1) is 0 Å². The summed E-state index contributed by atoms with van der Waals surface area (Å²) in [6, 6.07) is 0. The van der Waals surface area contributed by atoms with Crippen molar-refractivity contribution in [2.45, 2.75) is 57.5 Å². The van der Waals surface area contributed by atoms with Gasteiger partial charge in [-0.3, -0.25) is 4.79 Å². The predicted molar refractivity (Wildman–Crippen MR) is 71.3 cm³/mol. The first-order chi connectivity index (χ1) is 9.50. The summed E-state index contributed by atoms with van der Waals surface area (Å²) in [4.78, 5) is 15.4. The molecule has 0 radical (unpaired) electrons. The van der Waals surface area contributed by atoms with E-state index in [2.05, 4.69) is 10.1 Å². The van der Waals surface area contributed by atoms with Crippen LogP contribution in [0.4, 0.5) is 0 Å². The Morgan fingerprint density at radius 2 is 2.00 bits per heavy atom. The maximum Gasteiger partial charge on any atom is 0.307 e. The second kappa shape index (κ2) is 5.91. The van der Waals surface area contributed by atoms with E-state index in [9.17, 15) is 4.79 Å². The number of aliphatic carboxylic acids is 1. The van der Waals surface area contributed by atoms with E-state index >= 15 is 0 Å². The van der Waals surface area contributed by atoms with Crippen molar-refractivity contribution < 1.29 is 19.2 Å². The number of methoxy groups -OCH3 is 1. The Morgan fingerprint density at radius 1 is 1.35 bits per heavy atom. The van der Waals surface area contributed by atoms with E-state index in [1.165, 1.54) is 6.42 Å². The first-order valence-corrected chi connectivity index (χ1v) is 7.12. The summed E-state index contributed by atoms with van der Waals surface area (Å²) in [6.45, 7) is 3.43. The van der Waals surface area contributed by atoms with Gasteiger partial charge in [-0.25, -0.2) is 0 Å². The van der Waals surface area contributed by atoms with Gasteiger partial charge in [0.2, 0.25) is 11.7 Å². The molecule has 0 saturated heterocycles. The number of nitrogens with zero attached hydrogens (tertiary/aromatic N) is 2. The number of hydrogen-bond donors (Lipinski definition) is 1. The molecule has 0 aliphatic heterocycles. The van der Waals surface area contributed by atoms with Crippen LogP contribution in [0.1, 0.15) is 63.6 Å². The summed E-state index contributed by atoms with van der Waals surface area (Å²) >= 11 is 0. The van der Waals surface area contributed by atoms with E-state index in [1.54, 1.807) is 21.0 Å². The molecular weight excluding hydrogens is 260 g/mol. The number of carbonyl (C=O) groups is 1. The Kier molecular flexibility index (Phi) is 4.42. The molecule has 1 aromatic heterocycles. The van der Waals surface area contributed by atoms with E-state index < -0.39 is 17.5 Å². The van der Waals surface area contributed by atoms with Gasteiger partial charge in [0.05, 0.1) is 5.92 Å². The van der Waals surface area contributed by atoms with Crippen LogP contribution in [0.2, 0.25) is 0 Å². The molecule has 0 amide bonds. The van der Waals surface area contributed by atoms with Gasteiger partial charge in [-0.2, -0.15) is 4.98 Å². The van der Waals surface area contributed by atoms with Gasteiger partial charge in [-0.05, 0) is 12.8 Å². The molecule has 2 rings (SSSR count). The number of aromatic nitrogens is 2. The first kappa shape index (κ1) is 15.0. The molecule has 0 bridgehead atoms. The van der Waals surface area contributed by atoms with Gasteiger partial charge in [0.1, 0.15) is 5.60 Å². The average Bonchev–Trinajstić information content (AvgIpc) is 2.96. The lowest BCUT2D eigenvalue weighted by Crippen LogP contribution is -2.32. The molecule has 1 N–H and O–H groups in total. The lowest BCUT2D eigenvalue weighted by molar-refractivity contribution is -0.141. The summed E-state index contributed by atoms with van der Waals surface area (Å²) in [7, 11) is 1.67. The largest absolute Gasteiger partial charge is 0.481 e. The Balaban J connectivity index is 2.21. The predicted octanol–water partition coefficient (Wildman–Crippen LogP) is 2.70. The summed E-state index contributed by atoms with van der Waals surface area (Å²) in [5.41, 5.74) is -0.466. The van der Waals surface area contributed by atoms with Crippen molar-refractivity contribution in [2.24, 2.45) is 5.92 Å². The van der Waals surface area contributed by atoms with Crippen LogP contribution < -0.4 is 0 Å². The molecule has 6 heteroatoms. The standard InChI is InChI=1S/C14H22N2O4/c1-9(10(2)12(17)18)11-15-13(16-20-11)14(19-3)7-5-4-6-8-14/h9-10H,4-8H2,1-3H3,(H,17,18). The molecule has 1 heterocycles. The van der Waals surface area contributed by atoms with Crippen LogP contribution in [0, 0.1) is 5.92 Å². The van der Waals surface area contributed by atoms with Crippen LogP contribution in [0.15, 0.2) is 4.52 Å². The molecule has 2 atom stereocenters. The van der Waals surface area contributed by atoms with E-state index in [-0.39, 0.29) is 5.92 Å². The lowest BCUT2D eigenvalue weighted by Gasteiger charge is -2.32. The van der Waals surface area contributed by atoms with Gasteiger partial charge in [0, 0.05) is 13.0 Å². The smallest absolute Gasteiger partial charge is 0.307 e. The zero-order valence-corrected chi connectivity index (χ0v) is 12.3. The topological polar surface area (TPSA) is 85.5 Å². The molecule has 1 aliphatic carbocycles. The van der Waals surface area contributed by atoms with Crippen molar-refractivity contribution in [3.05, 3.63) is 11.7 Å². The Hall–Kier alpha value is -1.43.